The smallest absolute Gasteiger partial charge is 0.272 e. The molecule has 1 aliphatic rings. The molecule has 122 valence electrons. The molecule has 3 N–H and O–H groups in total. The maximum Gasteiger partial charge on any atom is 0.272 e. The number of carbonyl (C=O) groups excluding carboxylic acids is 1. The minimum absolute atomic E-state index is 0.146. The lowest BCUT2D eigenvalue weighted by Crippen LogP contribution is -2.49. The van der Waals surface area contributed by atoms with Gasteiger partial charge in [0.25, 0.3) is 5.91 Å². The lowest BCUT2D eigenvalue weighted by atomic mass is 10.1. The molecule has 1 amide bonds. The summed E-state index contributed by atoms with van der Waals surface area (Å²) in [4.78, 5) is 12.6. The van der Waals surface area contributed by atoms with Crippen molar-refractivity contribution in [2.75, 3.05) is 6.54 Å². The molecular weight excluding hydrogens is 356 g/mol. The second kappa shape index (κ2) is 6.09. The van der Waals surface area contributed by atoms with Crippen molar-refractivity contribution in [3.8, 4) is 5.69 Å². The molecule has 1 aromatic heterocycles. The van der Waals surface area contributed by atoms with Gasteiger partial charge in [0.15, 0.2) is 5.69 Å². The Morgan fingerprint density at radius 1 is 1.43 bits per heavy atom. The third-order valence-electron chi connectivity index (χ3n) is 4.16. The van der Waals surface area contributed by atoms with Crippen LogP contribution in [0.25, 0.3) is 5.69 Å². The Morgan fingerprint density at radius 2 is 2.22 bits per heavy atom. The van der Waals surface area contributed by atoms with E-state index in [-0.39, 0.29) is 5.91 Å². The standard InChI is InChI=1S/C17H21BrN4O/c1-17(2,10-19)20-16(23)15-13-7-4-8-14(13)22(21-15)12-6-3-5-11(18)9-12/h3,5-6,9H,4,7-8,10,19H2,1-2H3,(H,20,23). The number of fused-ring (bicyclic) bond motifs is 1. The molecule has 6 heteroatoms. The summed E-state index contributed by atoms with van der Waals surface area (Å²) in [6.07, 6.45) is 2.90. The van der Waals surface area contributed by atoms with Crippen molar-refractivity contribution in [2.45, 2.75) is 38.6 Å². The molecule has 1 aromatic carbocycles. The molecule has 2 aromatic rings. The number of nitrogens with one attached hydrogen (secondary N) is 1. The molecule has 0 fully saturated rings. The molecule has 5 nitrogen and oxygen atoms in total. The van der Waals surface area contributed by atoms with Crippen molar-refractivity contribution in [3.63, 3.8) is 0 Å². The third-order valence-corrected chi connectivity index (χ3v) is 4.65. The first-order valence-corrected chi connectivity index (χ1v) is 8.60. The molecule has 0 radical (unpaired) electrons. The SMILES string of the molecule is CC(C)(CN)NC(=O)c1nn(-c2cccc(Br)c2)c2c1CCC2. The van der Waals surface area contributed by atoms with Crippen LogP contribution in [0.4, 0.5) is 0 Å². The van der Waals surface area contributed by atoms with Gasteiger partial charge in [0.1, 0.15) is 0 Å². The predicted molar refractivity (Wildman–Crippen MR) is 93.9 cm³/mol. The topological polar surface area (TPSA) is 72.9 Å². The number of amides is 1. The van der Waals surface area contributed by atoms with Crippen LogP contribution in [0.2, 0.25) is 0 Å². The van der Waals surface area contributed by atoms with Crippen LogP contribution in [0.1, 0.15) is 42.0 Å². The van der Waals surface area contributed by atoms with E-state index in [1.54, 1.807) is 0 Å². The summed E-state index contributed by atoms with van der Waals surface area (Å²) in [6, 6.07) is 7.96. The van der Waals surface area contributed by atoms with Gasteiger partial charge >= 0.3 is 0 Å². The molecule has 0 aliphatic heterocycles. The number of hydrogen-bond donors (Lipinski definition) is 2. The molecule has 23 heavy (non-hydrogen) atoms. The highest BCUT2D eigenvalue weighted by Gasteiger charge is 2.29. The largest absolute Gasteiger partial charge is 0.344 e. The second-order valence-corrected chi connectivity index (χ2v) is 7.48. The summed E-state index contributed by atoms with van der Waals surface area (Å²) in [5, 5.41) is 7.58. The van der Waals surface area contributed by atoms with E-state index in [2.05, 4.69) is 26.3 Å². The maximum atomic E-state index is 12.6. The molecule has 0 saturated heterocycles. The number of carbonyl (C=O) groups is 1. The Hall–Kier alpha value is -1.66. The van der Waals surface area contributed by atoms with Gasteiger partial charge in [0.2, 0.25) is 0 Å². The average Bonchev–Trinajstić information content (AvgIpc) is 3.08. The minimum atomic E-state index is -0.442. The lowest BCUT2D eigenvalue weighted by molar-refractivity contribution is 0.0909. The molecule has 0 spiro atoms. The van der Waals surface area contributed by atoms with E-state index >= 15 is 0 Å². The van der Waals surface area contributed by atoms with Crippen LogP contribution in [0, 0.1) is 0 Å². The van der Waals surface area contributed by atoms with Crippen LogP contribution in [0.15, 0.2) is 28.7 Å². The summed E-state index contributed by atoms with van der Waals surface area (Å²) >= 11 is 3.49. The summed E-state index contributed by atoms with van der Waals surface area (Å²) in [5.41, 5.74) is 8.97. The average molecular weight is 377 g/mol. The van der Waals surface area contributed by atoms with Crippen LogP contribution < -0.4 is 11.1 Å². The van der Waals surface area contributed by atoms with Gasteiger partial charge in [0, 0.05) is 27.8 Å². The van der Waals surface area contributed by atoms with E-state index in [4.69, 9.17) is 5.73 Å². The van der Waals surface area contributed by atoms with Crippen molar-refractivity contribution in [3.05, 3.63) is 45.7 Å². The first-order chi connectivity index (χ1) is 10.9. The molecule has 0 atom stereocenters. The number of benzene rings is 1. The monoisotopic (exact) mass is 376 g/mol. The van der Waals surface area contributed by atoms with Crippen molar-refractivity contribution in [1.29, 1.82) is 0 Å². The second-order valence-electron chi connectivity index (χ2n) is 6.56. The Kier molecular flexibility index (Phi) is 4.29. The fraction of sp³-hybridized carbons (Fsp3) is 0.412. The maximum absolute atomic E-state index is 12.6. The number of aromatic nitrogens is 2. The predicted octanol–water partition coefficient (Wildman–Crippen LogP) is 2.59. The van der Waals surface area contributed by atoms with Crippen LogP contribution in [0.3, 0.4) is 0 Å². The minimum Gasteiger partial charge on any atom is -0.344 e. The molecule has 0 bridgehead atoms. The zero-order chi connectivity index (χ0) is 16.6. The fourth-order valence-electron chi connectivity index (χ4n) is 2.86. The number of halogens is 1. The van der Waals surface area contributed by atoms with Crippen molar-refractivity contribution >= 4 is 21.8 Å². The first kappa shape index (κ1) is 16.2. The van der Waals surface area contributed by atoms with Gasteiger partial charge in [0.05, 0.1) is 5.69 Å². The third kappa shape index (κ3) is 3.19. The van der Waals surface area contributed by atoms with E-state index in [9.17, 15) is 4.79 Å². The highest BCUT2D eigenvalue weighted by Crippen LogP contribution is 2.28. The van der Waals surface area contributed by atoms with Crippen LogP contribution >= 0.6 is 15.9 Å². The Labute approximate surface area is 144 Å². The normalized spacial score (nSPS) is 13.9. The Morgan fingerprint density at radius 3 is 2.91 bits per heavy atom. The van der Waals surface area contributed by atoms with Crippen molar-refractivity contribution in [1.82, 2.24) is 15.1 Å². The van der Waals surface area contributed by atoms with Crippen LogP contribution in [-0.2, 0) is 12.8 Å². The summed E-state index contributed by atoms with van der Waals surface area (Å²) in [5.74, 6) is -0.146. The van der Waals surface area contributed by atoms with Gasteiger partial charge in [-0.3, -0.25) is 4.79 Å². The molecule has 1 aliphatic carbocycles. The van der Waals surface area contributed by atoms with Gasteiger partial charge < -0.3 is 11.1 Å². The van der Waals surface area contributed by atoms with Crippen molar-refractivity contribution in [2.24, 2.45) is 5.73 Å². The van der Waals surface area contributed by atoms with Gasteiger partial charge in [-0.2, -0.15) is 5.10 Å². The summed E-state index contributed by atoms with van der Waals surface area (Å²) < 4.78 is 2.89. The van der Waals surface area contributed by atoms with E-state index in [1.807, 2.05) is 42.8 Å². The highest BCUT2D eigenvalue weighted by atomic mass is 79.9. The quantitative estimate of drug-likeness (QED) is 0.860. The zero-order valence-corrected chi connectivity index (χ0v) is 15.0. The number of hydrogen-bond acceptors (Lipinski definition) is 3. The van der Waals surface area contributed by atoms with Crippen LogP contribution in [0.5, 0.6) is 0 Å². The summed E-state index contributed by atoms with van der Waals surface area (Å²) in [6.45, 7) is 4.21. The molecule has 0 unspecified atom stereocenters. The molecule has 3 rings (SSSR count). The van der Waals surface area contributed by atoms with Gasteiger partial charge in [-0.25, -0.2) is 4.68 Å². The molecule has 0 saturated carbocycles. The van der Waals surface area contributed by atoms with E-state index in [1.165, 1.54) is 0 Å². The Bertz CT molecular complexity index is 751. The number of nitrogens with two attached hydrogens (primary N) is 1. The molecular formula is C17H21BrN4O. The van der Waals surface area contributed by atoms with E-state index in [0.717, 1.165) is 40.7 Å². The number of rotatable bonds is 4. The van der Waals surface area contributed by atoms with E-state index < -0.39 is 5.54 Å². The van der Waals surface area contributed by atoms with Gasteiger partial charge in [-0.15, -0.1) is 0 Å². The number of nitrogens with zero attached hydrogens (tertiary/aromatic N) is 2. The lowest BCUT2D eigenvalue weighted by Gasteiger charge is -2.23. The van der Waals surface area contributed by atoms with Gasteiger partial charge in [-0.05, 0) is 51.3 Å². The van der Waals surface area contributed by atoms with Crippen LogP contribution in [-0.4, -0.2) is 27.8 Å². The molecule has 1 heterocycles. The first-order valence-electron chi connectivity index (χ1n) is 7.80. The van der Waals surface area contributed by atoms with Crippen molar-refractivity contribution < 1.29 is 4.79 Å². The van der Waals surface area contributed by atoms with Gasteiger partial charge in [-0.1, -0.05) is 22.0 Å². The van der Waals surface area contributed by atoms with E-state index in [0.29, 0.717) is 12.2 Å². The Balaban J connectivity index is 2.01. The fourth-order valence-corrected chi connectivity index (χ4v) is 3.25. The zero-order valence-electron chi connectivity index (χ0n) is 13.4. The summed E-state index contributed by atoms with van der Waals surface area (Å²) in [7, 11) is 0. The highest BCUT2D eigenvalue weighted by molar-refractivity contribution is 9.10.